The fourth-order valence-electron chi connectivity index (χ4n) is 1.83. The minimum atomic E-state index is -4.54. The third-order valence-corrected chi connectivity index (χ3v) is 5.46. The molecule has 1 unspecified atom stereocenters. The minimum absolute atomic E-state index is 0.0992. The smallest absolute Gasteiger partial charge is 0.212 e. The highest BCUT2D eigenvalue weighted by molar-refractivity contribution is 7.89. The average molecular weight is 324 g/mol. The third kappa shape index (κ3) is 6.81. The van der Waals surface area contributed by atoms with Crippen molar-refractivity contribution in [2.45, 2.75) is 45.8 Å². The van der Waals surface area contributed by atoms with Gasteiger partial charge in [-0.25, -0.2) is 8.42 Å². The zero-order chi connectivity index (χ0) is 15.3. The molecule has 0 aromatic rings. The summed E-state index contributed by atoms with van der Waals surface area (Å²) in [6.45, 7) is 3.52. The lowest BCUT2D eigenvalue weighted by Gasteiger charge is -2.31. The Bertz CT molecular complexity index is 355. The van der Waals surface area contributed by atoms with Crippen molar-refractivity contribution in [2.75, 3.05) is 18.2 Å². The molecule has 0 aliphatic heterocycles. The van der Waals surface area contributed by atoms with E-state index in [-0.39, 0.29) is 17.6 Å². The summed E-state index contributed by atoms with van der Waals surface area (Å²) in [7, 11) is -3.96. The van der Waals surface area contributed by atoms with E-state index in [0.29, 0.717) is 17.1 Å². The Hall–Kier alpha value is -0.0100. The molecule has 0 rings (SSSR count). The lowest BCUT2D eigenvalue weighted by atomic mass is 10.2. The van der Waals surface area contributed by atoms with Gasteiger partial charge in [-0.15, -0.1) is 11.6 Å². The lowest BCUT2D eigenvalue weighted by Crippen LogP contribution is -2.47. The Labute approximate surface area is 118 Å². The van der Waals surface area contributed by atoms with Crippen LogP contribution in [0.1, 0.15) is 33.6 Å². The first-order chi connectivity index (χ1) is 8.57. The molecule has 0 fully saturated rings. The highest BCUT2D eigenvalue weighted by Gasteiger charge is 2.39. The van der Waals surface area contributed by atoms with Crippen molar-refractivity contribution in [3.8, 4) is 0 Å². The summed E-state index contributed by atoms with van der Waals surface area (Å²) >= 11 is 5.54. The highest BCUT2D eigenvalue weighted by Crippen LogP contribution is 2.24. The van der Waals surface area contributed by atoms with Crippen LogP contribution in [-0.4, -0.2) is 43.1 Å². The van der Waals surface area contributed by atoms with Gasteiger partial charge in [0, 0.05) is 11.9 Å². The highest BCUT2D eigenvalue weighted by atomic mass is 35.5. The van der Waals surface area contributed by atoms with E-state index in [9.17, 15) is 21.6 Å². The molecule has 0 saturated heterocycles. The molecule has 0 aliphatic rings. The van der Waals surface area contributed by atoms with E-state index < -0.39 is 28.8 Å². The number of sulfonamides is 1. The molecule has 19 heavy (non-hydrogen) atoms. The largest absolute Gasteiger partial charge is 0.402 e. The van der Waals surface area contributed by atoms with E-state index in [2.05, 4.69) is 0 Å². The first kappa shape index (κ1) is 19.0. The molecule has 3 nitrogen and oxygen atoms in total. The van der Waals surface area contributed by atoms with Gasteiger partial charge in [0.2, 0.25) is 10.0 Å². The molecule has 116 valence electrons. The Balaban J connectivity index is 5.22. The van der Waals surface area contributed by atoms with Crippen LogP contribution in [0, 0.1) is 5.92 Å². The van der Waals surface area contributed by atoms with Gasteiger partial charge < -0.3 is 0 Å². The summed E-state index contributed by atoms with van der Waals surface area (Å²) in [4.78, 5) is 0. The van der Waals surface area contributed by atoms with Crippen molar-refractivity contribution in [1.82, 2.24) is 4.31 Å². The van der Waals surface area contributed by atoms with E-state index >= 15 is 0 Å². The third-order valence-electron chi connectivity index (χ3n) is 2.80. The van der Waals surface area contributed by atoms with Crippen molar-refractivity contribution in [2.24, 2.45) is 5.92 Å². The molecule has 0 amide bonds. The number of alkyl halides is 4. The number of hydrogen-bond acceptors (Lipinski definition) is 2. The molecule has 1 atom stereocenters. The maximum Gasteiger partial charge on any atom is 0.402 e. The van der Waals surface area contributed by atoms with E-state index in [1.54, 1.807) is 20.8 Å². The summed E-state index contributed by atoms with van der Waals surface area (Å²) < 4.78 is 62.5. The van der Waals surface area contributed by atoms with Crippen molar-refractivity contribution in [3.05, 3.63) is 0 Å². The molecule has 0 bridgehead atoms. The zero-order valence-electron chi connectivity index (χ0n) is 11.4. The van der Waals surface area contributed by atoms with Crippen LogP contribution in [0.3, 0.4) is 0 Å². The lowest BCUT2D eigenvalue weighted by molar-refractivity contribution is -0.139. The number of halogens is 4. The summed E-state index contributed by atoms with van der Waals surface area (Å²) in [5.74, 6) is -0.637. The van der Waals surface area contributed by atoms with E-state index in [4.69, 9.17) is 11.6 Å². The molecular formula is C11H21ClF3NO2S. The fourth-order valence-corrected chi connectivity index (χ4v) is 4.19. The summed E-state index contributed by atoms with van der Waals surface area (Å²) in [5.41, 5.74) is 0. The van der Waals surface area contributed by atoms with E-state index in [1.807, 2.05) is 0 Å². The molecule has 0 N–H and O–H groups in total. The van der Waals surface area contributed by atoms with Crippen molar-refractivity contribution < 1.29 is 21.6 Å². The SMILES string of the molecule is CCC(CC)N(CC(F)(F)F)S(=O)(=O)CC(C)CCl. The topological polar surface area (TPSA) is 37.4 Å². The Kier molecular flexibility index (Phi) is 7.68. The monoisotopic (exact) mass is 323 g/mol. The summed E-state index contributed by atoms with van der Waals surface area (Å²) in [6.07, 6.45) is -3.85. The van der Waals surface area contributed by atoms with E-state index in [0.717, 1.165) is 0 Å². The second-order valence-electron chi connectivity index (χ2n) is 4.67. The Morgan fingerprint density at radius 3 is 2.00 bits per heavy atom. The zero-order valence-corrected chi connectivity index (χ0v) is 12.9. The van der Waals surface area contributed by atoms with Gasteiger partial charge in [0.15, 0.2) is 0 Å². The first-order valence-corrected chi connectivity index (χ1v) is 8.34. The predicted octanol–water partition coefficient (Wildman–Crippen LogP) is 3.24. The molecule has 0 aromatic heterocycles. The second kappa shape index (κ2) is 7.69. The Morgan fingerprint density at radius 2 is 1.68 bits per heavy atom. The predicted molar refractivity (Wildman–Crippen MR) is 70.8 cm³/mol. The van der Waals surface area contributed by atoms with Gasteiger partial charge in [-0.05, 0) is 18.8 Å². The molecule has 0 aromatic carbocycles. The molecule has 0 aliphatic carbocycles. The van der Waals surface area contributed by atoms with E-state index in [1.165, 1.54) is 0 Å². The molecular weight excluding hydrogens is 303 g/mol. The van der Waals surface area contributed by atoms with Gasteiger partial charge in [-0.3, -0.25) is 0 Å². The van der Waals surface area contributed by atoms with Gasteiger partial charge in [0.1, 0.15) is 6.54 Å². The molecule has 0 saturated carbocycles. The fraction of sp³-hybridized carbons (Fsp3) is 1.00. The van der Waals surface area contributed by atoms with Crippen LogP contribution in [0.5, 0.6) is 0 Å². The number of rotatable bonds is 8. The van der Waals surface area contributed by atoms with Crippen molar-refractivity contribution in [1.29, 1.82) is 0 Å². The maximum absolute atomic E-state index is 12.6. The first-order valence-electron chi connectivity index (χ1n) is 6.19. The van der Waals surface area contributed by atoms with Crippen LogP contribution in [0.4, 0.5) is 13.2 Å². The summed E-state index contributed by atoms with van der Waals surface area (Å²) in [5, 5.41) is 0. The van der Waals surface area contributed by atoms with Gasteiger partial charge in [0.05, 0.1) is 5.75 Å². The van der Waals surface area contributed by atoms with Crippen LogP contribution in [0.25, 0.3) is 0 Å². The standard InChI is InChI=1S/C11H21ClF3NO2S/c1-4-10(5-2)16(8-11(13,14)15)19(17,18)7-9(3)6-12/h9-10H,4-8H2,1-3H3. The summed E-state index contributed by atoms with van der Waals surface area (Å²) in [6, 6.07) is -0.630. The average Bonchev–Trinajstić information content (AvgIpc) is 2.27. The van der Waals surface area contributed by atoms with Gasteiger partial charge in [-0.1, -0.05) is 20.8 Å². The number of hydrogen-bond donors (Lipinski definition) is 0. The molecule has 0 heterocycles. The van der Waals surface area contributed by atoms with Gasteiger partial charge in [0.25, 0.3) is 0 Å². The van der Waals surface area contributed by atoms with Gasteiger partial charge >= 0.3 is 6.18 Å². The van der Waals surface area contributed by atoms with Crippen molar-refractivity contribution in [3.63, 3.8) is 0 Å². The Morgan fingerprint density at radius 1 is 1.21 bits per heavy atom. The second-order valence-corrected chi connectivity index (χ2v) is 6.94. The van der Waals surface area contributed by atoms with Crippen LogP contribution in [0.2, 0.25) is 0 Å². The van der Waals surface area contributed by atoms with Crippen LogP contribution < -0.4 is 0 Å². The normalized spacial score (nSPS) is 15.2. The van der Waals surface area contributed by atoms with Crippen molar-refractivity contribution >= 4 is 21.6 Å². The maximum atomic E-state index is 12.6. The minimum Gasteiger partial charge on any atom is -0.212 e. The van der Waals surface area contributed by atoms with Crippen LogP contribution in [-0.2, 0) is 10.0 Å². The van der Waals surface area contributed by atoms with Gasteiger partial charge in [-0.2, -0.15) is 17.5 Å². The van der Waals surface area contributed by atoms with Crippen LogP contribution >= 0.6 is 11.6 Å². The quantitative estimate of drug-likeness (QED) is 0.643. The molecule has 8 heteroatoms. The molecule has 0 radical (unpaired) electrons. The van der Waals surface area contributed by atoms with Crippen LogP contribution in [0.15, 0.2) is 0 Å². The number of nitrogens with zero attached hydrogens (tertiary/aromatic N) is 1. The molecule has 0 spiro atoms.